The van der Waals surface area contributed by atoms with Crippen molar-refractivity contribution in [1.29, 1.82) is 0 Å². The number of carbonyl (C=O) groups excluding carboxylic acids is 1. The van der Waals surface area contributed by atoms with Gasteiger partial charge in [0, 0.05) is 6.54 Å². The highest BCUT2D eigenvalue weighted by Crippen LogP contribution is 2.29. The molecular formula is C15H20N2O4. The summed E-state index contributed by atoms with van der Waals surface area (Å²) in [5, 5.41) is 12.0. The van der Waals surface area contributed by atoms with Gasteiger partial charge in [-0.05, 0) is 31.9 Å². The summed E-state index contributed by atoms with van der Waals surface area (Å²) >= 11 is 0. The van der Waals surface area contributed by atoms with Crippen LogP contribution in [0.2, 0.25) is 0 Å². The first-order valence-corrected chi connectivity index (χ1v) is 7.01. The second kappa shape index (κ2) is 6.47. The number of carboxylic acid groups (broad SMARTS) is 1. The molecule has 1 atom stereocenters. The zero-order valence-electron chi connectivity index (χ0n) is 12.0. The van der Waals surface area contributed by atoms with E-state index in [0.717, 1.165) is 5.75 Å². The van der Waals surface area contributed by atoms with E-state index in [1.807, 2.05) is 30.3 Å². The number of ether oxygens (including phenoxy) is 1. The van der Waals surface area contributed by atoms with Crippen molar-refractivity contribution < 1.29 is 19.4 Å². The molecule has 6 nitrogen and oxygen atoms in total. The van der Waals surface area contributed by atoms with Gasteiger partial charge in [0.1, 0.15) is 17.9 Å². The summed E-state index contributed by atoms with van der Waals surface area (Å²) in [7, 11) is 0. The van der Waals surface area contributed by atoms with Gasteiger partial charge < -0.3 is 20.1 Å². The van der Waals surface area contributed by atoms with E-state index >= 15 is 0 Å². The van der Waals surface area contributed by atoms with Gasteiger partial charge in [0.25, 0.3) is 0 Å². The number of nitrogens with zero attached hydrogens (tertiary/aromatic N) is 1. The van der Waals surface area contributed by atoms with Crippen LogP contribution in [-0.2, 0) is 4.79 Å². The molecule has 1 aromatic carbocycles. The first-order valence-electron chi connectivity index (χ1n) is 7.01. The zero-order chi connectivity index (χ0) is 15.3. The van der Waals surface area contributed by atoms with Crippen molar-refractivity contribution >= 4 is 12.0 Å². The summed E-state index contributed by atoms with van der Waals surface area (Å²) in [6.45, 7) is 2.73. The minimum absolute atomic E-state index is 0.333. The Kier molecular flexibility index (Phi) is 4.67. The predicted octanol–water partition coefficient (Wildman–Crippen LogP) is 1.71. The molecule has 0 aliphatic carbocycles. The summed E-state index contributed by atoms with van der Waals surface area (Å²) < 4.78 is 5.47. The molecule has 1 aromatic rings. The number of aliphatic carboxylic acids is 1. The van der Waals surface area contributed by atoms with Crippen LogP contribution in [0.15, 0.2) is 30.3 Å². The third-order valence-electron chi connectivity index (χ3n) is 3.74. The largest absolute Gasteiger partial charge is 0.492 e. The number of para-hydroxylation sites is 1. The number of hydrogen-bond acceptors (Lipinski definition) is 3. The van der Waals surface area contributed by atoms with Gasteiger partial charge in [0.15, 0.2) is 0 Å². The molecule has 0 aromatic heterocycles. The van der Waals surface area contributed by atoms with Gasteiger partial charge >= 0.3 is 12.0 Å². The number of likely N-dealkylation sites (tertiary alicyclic amines) is 1. The molecule has 1 unspecified atom stereocenters. The lowest BCUT2D eigenvalue weighted by Crippen LogP contribution is -2.54. The fraction of sp³-hybridized carbons (Fsp3) is 0.467. The standard InChI is InChI=1S/C15H20N2O4/c1-15(13(18)19)8-5-10-17(15)14(20)16-9-11-21-12-6-3-2-4-7-12/h2-4,6-7H,5,8-11H2,1H3,(H,16,20)(H,18,19). The summed E-state index contributed by atoms with van der Waals surface area (Å²) in [6.07, 6.45) is 1.19. The summed E-state index contributed by atoms with van der Waals surface area (Å²) in [4.78, 5) is 24.8. The monoisotopic (exact) mass is 292 g/mol. The number of rotatable bonds is 5. The van der Waals surface area contributed by atoms with Gasteiger partial charge in [0.05, 0.1) is 6.54 Å². The van der Waals surface area contributed by atoms with Gasteiger partial charge in [0.2, 0.25) is 0 Å². The molecule has 1 fully saturated rings. The molecule has 1 heterocycles. The first kappa shape index (κ1) is 15.2. The lowest BCUT2D eigenvalue weighted by atomic mass is 10.00. The molecule has 2 N–H and O–H groups in total. The van der Waals surface area contributed by atoms with Crippen LogP contribution in [-0.4, -0.2) is 47.2 Å². The molecule has 1 saturated heterocycles. The third-order valence-corrected chi connectivity index (χ3v) is 3.74. The number of carboxylic acids is 1. The Morgan fingerprint density at radius 2 is 2.10 bits per heavy atom. The van der Waals surface area contributed by atoms with Crippen LogP contribution >= 0.6 is 0 Å². The van der Waals surface area contributed by atoms with E-state index in [-0.39, 0.29) is 6.03 Å². The molecule has 6 heteroatoms. The summed E-state index contributed by atoms with van der Waals surface area (Å²) in [6, 6.07) is 8.96. The third kappa shape index (κ3) is 3.45. The number of benzene rings is 1. The molecule has 0 saturated carbocycles. The van der Waals surface area contributed by atoms with Crippen LogP contribution in [0.4, 0.5) is 4.79 Å². The smallest absolute Gasteiger partial charge is 0.329 e. The fourth-order valence-electron chi connectivity index (χ4n) is 2.45. The first-order chi connectivity index (χ1) is 10.0. The van der Waals surface area contributed by atoms with Gasteiger partial charge in [-0.15, -0.1) is 0 Å². The van der Waals surface area contributed by atoms with Crippen molar-refractivity contribution in [3.05, 3.63) is 30.3 Å². The van der Waals surface area contributed by atoms with Crippen LogP contribution in [0.25, 0.3) is 0 Å². The van der Waals surface area contributed by atoms with Crippen molar-refractivity contribution in [1.82, 2.24) is 10.2 Å². The van der Waals surface area contributed by atoms with Gasteiger partial charge in [-0.2, -0.15) is 0 Å². The quantitative estimate of drug-likeness (QED) is 0.810. The topological polar surface area (TPSA) is 78.9 Å². The predicted molar refractivity (Wildman–Crippen MR) is 77.3 cm³/mol. The molecule has 114 valence electrons. The van der Waals surface area contributed by atoms with E-state index in [4.69, 9.17) is 4.74 Å². The summed E-state index contributed by atoms with van der Waals surface area (Å²) in [5.74, 6) is -0.223. The second-order valence-electron chi connectivity index (χ2n) is 5.23. The highest BCUT2D eigenvalue weighted by Gasteiger charge is 2.45. The molecule has 0 bridgehead atoms. The van der Waals surface area contributed by atoms with Crippen molar-refractivity contribution in [3.8, 4) is 5.75 Å². The van der Waals surface area contributed by atoms with Crippen LogP contribution in [0.1, 0.15) is 19.8 Å². The molecule has 0 radical (unpaired) electrons. The highest BCUT2D eigenvalue weighted by atomic mass is 16.5. The minimum atomic E-state index is -1.11. The van der Waals surface area contributed by atoms with Gasteiger partial charge in [-0.25, -0.2) is 9.59 Å². The zero-order valence-corrected chi connectivity index (χ0v) is 12.0. The number of urea groups is 1. The Bertz CT molecular complexity index is 506. The van der Waals surface area contributed by atoms with E-state index in [2.05, 4.69) is 5.32 Å². The van der Waals surface area contributed by atoms with Crippen molar-refractivity contribution in [2.45, 2.75) is 25.3 Å². The molecule has 1 aliphatic heterocycles. The van der Waals surface area contributed by atoms with Crippen molar-refractivity contribution in [3.63, 3.8) is 0 Å². The maximum atomic E-state index is 12.1. The number of nitrogens with one attached hydrogen (secondary N) is 1. The van der Waals surface area contributed by atoms with E-state index < -0.39 is 11.5 Å². The van der Waals surface area contributed by atoms with E-state index in [1.54, 1.807) is 6.92 Å². The highest BCUT2D eigenvalue weighted by molar-refractivity contribution is 5.86. The summed E-state index contributed by atoms with van der Waals surface area (Å²) in [5.41, 5.74) is -1.11. The number of amides is 2. The molecule has 2 amide bonds. The van der Waals surface area contributed by atoms with Crippen LogP contribution in [0.5, 0.6) is 5.75 Å². The fourth-order valence-corrected chi connectivity index (χ4v) is 2.45. The molecule has 21 heavy (non-hydrogen) atoms. The average molecular weight is 292 g/mol. The maximum Gasteiger partial charge on any atom is 0.329 e. The normalized spacial score (nSPS) is 21.1. The van der Waals surface area contributed by atoms with E-state index in [0.29, 0.717) is 32.5 Å². The van der Waals surface area contributed by atoms with Gasteiger partial charge in [-0.1, -0.05) is 18.2 Å². The Hall–Kier alpha value is -2.24. The Morgan fingerprint density at radius 3 is 2.76 bits per heavy atom. The van der Waals surface area contributed by atoms with Crippen molar-refractivity contribution in [2.24, 2.45) is 0 Å². The Morgan fingerprint density at radius 1 is 1.38 bits per heavy atom. The molecule has 0 spiro atoms. The maximum absolute atomic E-state index is 12.1. The minimum Gasteiger partial charge on any atom is -0.492 e. The van der Waals surface area contributed by atoms with Crippen LogP contribution in [0.3, 0.4) is 0 Å². The SMILES string of the molecule is CC1(C(=O)O)CCCN1C(=O)NCCOc1ccccc1. The lowest BCUT2D eigenvalue weighted by Gasteiger charge is -2.31. The van der Waals surface area contributed by atoms with Crippen LogP contribution < -0.4 is 10.1 Å². The number of carbonyl (C=O) groups is 2. The van der Waals surface area contributed by atoms with Gasteiger partial charge in [-0.3, -0.25) is 0 Å². The average Bonchev–Trinajstić information content (AvgIpc) is 2.88. The molecule has 1 aliphatic rings. The Labute approximate surface area is 123 Å². The molecular weight excluding hydrogens is 272 g/mol. The second-order valence-corrected chi connectivity index (χ2v) is 5.23. The number of hydrogen-bond donors (Lipinski definition) is 2. The van der Waals surface area contributed by atoms with Crippen molar-refractivity contribution in [2.75, 3.05) is 19.7 Å². The van der Waals surface area contributed by atoms with E-state index in [1.165, 1.54) is 4.90 Å². The lowest BCUT2D eigenvalue weighted by molar-refractivity contribution is -0.147. The Balaban J connectivity index is 1.78. The van der Waals surface area contributed by atoms with E-state index in [9.17, 15) is 14.7 Å². The van der Waals surface area contributed by atoms with Crippen LogP contribution in [0, 0.1) is 0 Å². The molecule has 2 rings (SSSR count).